The van der Waals surface area contributed by atoms with Crippen LogP contribution in [0.5, 0.6) is 11.5 Å². The van der Waals surface area contributed by atoms with Gasteiger partial charge in [-0.15, -0.1) is 0 Å². The Hall–Kier alpha value is -3.05. The number of rotatable bonds is 3. The third kappa shape index (κ3) is 2.68. The summed E-state index contributed by atoms with van der Waals surface area (Å²) in [5.74, 6) is 0.301. The van der Waals surface area contributed by atoms with E-state index in [1.807, 2.05) is 30.3 Å². The predicted octanol–water partition coefficient (Wildman–Crippen LogP) is 4.47. The molecule has 0 heterocycles. The molecule has 4 nitrogen and oxygen atoms in total. The van der Waals surface area contributed by atoms with Crippen molar-refractivity contribution in [2.75, 3.05) is 0 Å². The van der Waals surface area contributed by atoms with Crippen molar-refractivity contribution < 1.29 is 17.7 Å². The summed E-state index contributed by atoms with van der Waals surface area (Å²) >= 11 is 0. The van der Waals surface area contributed by atoms with Gasteiger partial charge in [0.1, 0.15) is 10.6 Å². The van der Waals surface area contributed by atoms with Gasteiger partial charge in [-0.25, -0.2) is 0 Å². The number of phenols is 1. The minimum Gasteiger partial charge on any atom is -0.507 e. The van der Waals surface area contributed by atoms with Gasteiger partial charge in [0, 0.05) is 16.2 Å². The Balaban J connectivity index is 1.87. The second kappa shape index (κ2) is 5.79. The Morgan fingerprint density at radius 1 is 0.680 bits per heavy atom. The average molecular weight is 350 g/mol. The third-order valence-corrected chi connectivity index (χ3v) is 5.37. The number of hydrogen-bond donors (Lipinski definition) is 1. The highest BCUT2D eigenvalue weighted by atomic mass is 32.2. The first-order chi connectivity index (χ1) is 12.1. The number of benzene rings is 4. The van der Waals surface area contributed by atoms with Gasteiger partial charge >= 0.3 is 10.1 Å². The fourth-order valence-corrected chi connectivity index (χ4v) is 4.06. The van der Waals surface area contributed by atoms with Gasteiger partial charge in [-0.05, 0) is 23.6 Å². The fourth-order valence-electron chi connectivity index (χ4n) is 2.90. The highest BCUT2D eigenvalue weighted by molar-refractivity contribution is 7.87. The first-order valence-electron chi connectivity index (χ1n) is 7.69. The largest absolute Gasteiger partial charge is 0.507 e. The van der Waals surface area contributed by atoms with E-state index in [4.69, 9.17) is 4.18 Å². The Morgan fingerprint density at radius 2 is 1.32 bits per heavy atom. The lowest BCUT2D eigenvalue weighted by Gasteiger charge is -2.12. The molecule has 1 N–H and O–H groups in total. The Kier molecular flexibility index (Phi) is 3.58. The van der Waals surface area contributed by atoms with Crippen LogP contribution >= 0.6 is 0 Å². The standard InChI is InChI=1S/C20H14O4S/c21-18-12-13-20(17-10-4-3-9-16(17)18)25(22,23)24-19-11-5-7-14-6-1-2-8-15(14)19/h1-13,21H. The van der Waals surface area contributed by atoms with E-state index in [1.165, 1.54) is 12.1 Å². The predicted molar refractivity (Wildman–Crippen MR) is 97.4 cm³/mol. The van der Waals surface area contributed by atoms with E-state index in [-0.39, 0.29) is 16.4 Å². The van der Waals surface area contributed by atoms with Gasteiger partial charge in [0.05, 0.1) is 0 Å². The summed E-state index contributed by atoms with van der Waals surface area (Å²) in [4.78, 5) is 0.0221. The van der Waals surface area contributed by atoms with Crippen molar-refractivity contribution in [2.45, 2.75) is 4.90 Å². The second-order valence-corrected chi connectivity index (χ2v) is 7.16. The molecule has 0 spiro atoms. The van der Waals surface area contributed by atoms with Crippen molar-refractivity contribution in [2.24, 2.45) is 0 Å². The van der Waals surface area contributed by atoms with Gasteiger partial charge in [0.25, 0.3) is 0 Å². The van der Waals surface area contributed by atoms with Crippen molar-refractivity contribution in [1.82, 2.24) is 0 Å². The minimum atomic E-state index is -4.06. The van der Waals surface area contributed by atoms with Crippen molar-refractivity contribution in [3.05, 3.63) is 78.9 Å². The summed E-state index contributed by atoms with van der Waals surface area (Å²) < 4.78 is 31.2. The van der Waals surface area contributed by atoms with Gasteiger partial charge in [-0.3, -0.25) is 0 Å². The summed E-state index contributed by atoms with van der Waals surface area (Å²) in [6.07, 6.45) is 0. The van der Waals surface area contributed by atoms with E-state index in [0.29, 0.717) is 10.8 Å². The Morgan fingerprint density at radius 3 is 2.12 bits per heavy atom. The van der Waals surface area contributed by atoms with E-state index >= 15 is 0 Å². The van der Waals surface area contributed by atoms with Gasteiger partial charge in [0.15, 0.2) is 5.75 Å². The maximum atomic E-state index is 12.9. The molecule has 0 radical (unpaired) electrons. The molecule has 0 atom stereocenters. The zero-order valence-electron chi connectivity index (χ0n) is 13.1. The van der Waals surface area contributed by atoms with E-state index in [9.17, 15) is 13.5 Å². The molecule has 0 unspecified atom stereocenters. The van der Waals surface area contributed by atoms with Crippen LogP contribution in [0.3, 0.4) is 0 Å². The lowest BCUT2D eigenvalue weighted by atomic mass is 10.1. The lowest BCUT2D eigenvalue weighted by Crippen LogP contribution is -2.10. The van der Waals surface area contributed by atoms with Crippen LogP contribution in [0.25, 0.3) is 21.5 Å². The SMILES string of the molecule is O=S(=O)(Oc1cccc2ccccc12)c1ccc(O)c2ccccc12. The lowest BCUT2D eigenvalue weighted by molar-refractivity contribution is 0.480. The molecule has 4 rings (SSSR count). The number of phenolic OH excluding ortho intramolecular Hbond substituents is 1. The van der Waals surface area contributed by atoms with Gasteiger partial charge in [-0.2, -0.15) is 8.42 Å². The van der Waals surface area contributed by atoms with E-state index < -0.39 is 10.1 Å². The van der Waals surface area contributed by atoms with Gasteiger partial charge in [-0.1, -0.05) is 60.7 Å². The van der Waals surface area contributed by atoms with E-state index in [0.717, 1.165) is 10.8 Å². The molecule has 0 saturated heterocycles. The quantitative estimate of drug-likeness (QED) is 0.554. The van der Waals surface area contributed by atoms with Crippen LogP contribution in [0.1, 0.15) is 0 Å². The highest BCUT2D eigenvalue weighted by Crippen LogP contribution is 2.33. The third-order valence-electron chi connectivity index (χ3n) is 4.08. The zero-order chi connectivity index (χ0) is 17.4. The maximum absolute atomic E-state index is 12.9. The van der Waals surface area contributed by atoms with E-state index in [1.54, 1.807) is 36.4 Å². The number of fused-ring (bicyclic) bond motifs is 2. The first-order valence-corrected chi connectivity index (χ1v) is 9.10. The fraction of sp³-hybridized carbons (Fsp3) is 0. The zero-order valence-corrected chi connectivity index (χ0v) is 13.9. The summed E-state index contributed by atoms with van der Waals surface area (Å²) in [6, 6.07) is 22.2. The van der Waals surface area contributed by atoms with Crippen molar-refractivity contribution in [1.29, 1.82) is 0 Å². The molecular formula is C20H14O4S. The molecule has 0 saturated carbocycles. The smallest absolute Gasteiger partial charge is 0.339 e. The van der Waals surface area contributed by atoms with E-state index in [2.05, 4.69) is 0 Å². The Labute approximate surface area is 145 Å². The van der Waals surface area contributed by atoms with Crippen molar-refractivity contribution in [3.8, 4) is 11.5 Å². The van der Waals surface area contributed by atoms with Gasteiger partial charge in [0.2, 0.25) is 0 Å². The monoisotopic (exact) mass is 350 g/mol. The molecule has 4 aromatic rings. The molecule has 0 aliphatic heterocycles. The molecule has 0 amide bonds. The summed E-state index contributed by atoms with van der Waals surface area (Å²) in [6.45, 7) is 0. The molecule has 4 aromatic carbocycles. The first kappa shape index (κ1) is 15.5. The normalized spacial score (nSPS) is 11.7. The van der Waals surface area contributed by atoms with Crippen LogP contribution in [0.2, 0.25) is 0 Å². The molecule has 124 valence electrons. The Bertz CT molecular complexity index is 1190. The molecule has 0 aromatic heterocycles. The summed E-state index contributed by atoms with van der Waals surface area (Å²) in [7, 11) is -4.06. The summed E-state index contributed by atoms with van der Waals surface area (Å²) in [5.41, 5.74) is 0. The van der Waals surface area contributed by atoms with Crippen LogP contribution in [-0.4, -0.2) is 13.5 Å². The molecule has 0 aliphatic carbocycles. The molecule has 25 heavy (non-hydrogen) atoms. The van der Waals surface area contributed by atoms with Crippen LogP contribution in [-0.2, 0) is 10.1 Å². The number of hydrogen-bond acceptors (Lipinski definition) is 4. The molecule has 0 fully saturated rings. The van der Waals surface area contributed by atoms with Crippen LogP contribution in [0.15, 0.2) is 83.8 Å². The van der Waals surface area contributed by atoms with Crippen molar-refractivity contribution >= 4 is 31.7 Å². The summed E-state index contributed by atoms with van der Waals surface area (Å²) in [5, 5.41) is 12.5. The molecular weight excluding hydrogens is 336 g/mol. The number of aromatic hydroxyl groups is 1. The topological polar surface area (TPSA) is 63.6 Å². The van der Waals surface area contributed by atoms with Crippen LogP contribution < -0.4 is 4.18 Å². The van der Waals surface area contributed by atoms with Crippen molar-refractivity contribution in [3.63, 3.8) is 0 Å². The minimum absolute atomic E-state index is 0.0221. The van der Waals surface area contributed by atoms with Gasteiger partial charge < -0.3 is 9.29 Å². The molecule has 0 aliphatic rings. The maximum Gasteiger partial charge on any atom is 0.339 e. The van der Waals surface area contributed by atoms with Crippen LogP contribution in [0.4, 0.5) is 0 Å². The molecule has 5 heteroatoms. The average Bonchev–Trinajstić information content (AvgIpc) is 2.62. The second-order valence-electron chi connectivity index (χ2n) is 5.64. The molecule has 0 bridgehead atoms. The van der Waals surface area contributed by atoms with Crippen LogP contribution in [0, 0.1) is 0 Å². The highest BCUT2D eigenvalue weighted by Gasteiger charge is 2.21.